The van der Waals surface area contributed by atoms with E-state index in [2.05, 4.69) is 25.3 Å². The Bertz CT molecular complexity index is 817. The summed E-state index contributed by atoms with van der Waals surface area (Å²) in [5.41, 5.74) is 0.174. The van der Waals surface area contributed by atoms with Gasteiger partial charge >= 0.3 is 5.69 Å². The van der Waals surface area contributed by atoms with Crippen LogP contribution in [0.15, 0.2) is 46.5 Å². The lowest BCUT2D eigenvalue weighted by molar-refractivity contribution is 0.860. The molecule has 0 amide bonds. The first-order chi connectivity index (χ1) is 9.24. The minimum atomic E-state index is -0.565. The SMILES string of the molecule is O=c1[nH]cc(-c2cc(-n3cccn3)cnn2)c(=O)[nH]1. The summed E-state index contributed by atoms with van der Waals surface area (Å²) >= 11 is 0. The Morgan fingerprint density at radius 1 is 1.26 bits per heavy atom. The van der Waals surface area contributed by atoms with Crippen LogP contribution in [0.5, 0.6) is 0 Å². The van der Waals surface area contributed by atoms with Crippen LogP contribution in [0.25, 0.3) is 16.9 Å². The van der Waals surface area contributed by atoms with E-state index >= 15 is 0 Å². The molecule has 2 N–H and O–H groups in total. The zero-order valence-corrected chi connectivity index (χ0v) is 9.57. The molecule has 3 aromatic rings. The fourth-order valence-corrected chi connectivity index (χ4v) is 1.63. The molecule has 0 atom stereocenters. The zero-order chi connectivity index (χ0) is 13.2. The van der Waals surface area contributed by atoms with Crippen molar-refractivity contribution in [2.45, 2.75) is 0 Å². The molecule has 19 heavy (non-hydrogen) atoms. The quantitative estimate of drug-likeness (QED) is 0.654. The normalized spacial score (nSPS) is 10.5. The number of aromatic nitrogens is 6. The molecule has 0 radical (unpaired) electrons. The van der Waals surface area contributed by atoms with Gasteiger partial charge in [0.25, 0.3) is 5.56 Å². The average molecular weight is 256 g/mol. The second-order valence-electron chi connectivity index (χ2n) is 3.74. The molecule has 0 spiro atoms. The maximum absolute atomic E-state index is 11.7. The van der Waals surface area contributed by atoms with Crippen molar-refractivity contribution in [1.82, 2.24) is 29.9 Å². The highest BCUT2D eigenvalue weighted by Gasteiger charge is 2.08. The van der Waals surface area contributed by atoms with Crippen LogP contribution in [0.2, 0.25) is 0 Å². The summed E-state index contributed by atoms with van der Waals surface area (Å²) in [6, 6.07) is 3.43. The van der Waals surface area contributed by atoms with Crippen LogP contribution in [0, 0.1) is 0 Å². The van der Waals surface area contributed by atoms with E-state index in [4.69, 9.17) is 0 Å². The highest BCUT2D eigenvalue weighted by Crippen LogP contribution is 2.13. The number of hydrogen-bond donors (Lipinski definition) is 2. The van der Waals surface area contributed by atoms with Crippen molar-refractivity contribution < 1.29 is 0 Å². The Balaban J connectivity index is 2.14. The minimum Gasteiger partial charge on any atom is -0.313 e. The van der Waals surface area contributed by atoms with E-state index in [0.29, 0.717) is 11.4 Å². The fraction of sp³-hybridized carbons (Fsp3) is 0. The molecular formula is C11H8N6O2. The minimum absolute atomic E-state index is 0.237. The predicted molar refractivity (Wildman–Crippen MR) is 65.8 cm³/mol. The summed E-state index contributed by atoms with van der Waals surface area (Å²) in [7, 11) is 0. The molecule has 0 aliphatic carbocycles. The van der Waals surface area contributed by atoms with Gasteiger partial charge in [-0.2, -0.15) is 15.3 Å². The van der Waals surface area contributed by atoms with E-state index in [-0.39, 0.29) is 5.56 Å². The molecule has 3 rings (SSSR count). The average Bonchev–Trinajstić information content (AvgIpc) is 2.93. The number of nitrogens with one attached hydrogen (secondary N) is 2. The summed E-state index contributed by atoms with van der Waals surface area (Å²) in [6.07, 6.45) is 6.21. The summed E-state index contributed by atoms with van der Waals surface area (Å²) in [4.78, 5) is 27.2. The topological polar surface area (TPSA) is 109 Å². The molecule has 8 nitrogen and oxygen atoms in total. The van der Waals surface area contributed by atoms with Crippen LogP contribution in [0.1, 0.15) is 0 Å². The molecule has 0 aliphatic rings. The standard InChI is InChI=1S/C11H8N6O2/c18-10-8(6-12-11(19)15-10)9-4-7(5-13-16-9)17-3-1-2-14-17/h1-6H,(H2,12,15,18,19). The fourth-order valence-electron chi connectivity index (χ4n) is 1.63. The second-order valence-corrected chi connectivity index (χ2v) is 3.74. The van der Waals surface area contributed by atoms with Crippen LogP contribution >= 0.6 is 0 Å². The number of aromatic amines is 2. The van der Waals surface area contributed by atoms with Gasteiger partial charge in [-0.05, 0) is 12.1 Å². The third-order valence-electron chi connectivity index (χ3n) is 2.50. The summed E-state index contributed by atoms with van der Waals surface area (Å²) in [5, 5.41) is 11.8. The Morgan fingerprint density at radius 2 is 2.16 bits per heavy atom. The lowest BCUT2D eigenvalue weighted by Gasteiger charge is -2.02. The number of nitrogens with zero attached hydrogens (tertiary/aromatic N) is 4. The van der Waals surface area contributed by atoms with E-state index in [9.17, 15) is 9.59 Å². The largest absolute Gasteiger partial charge is 0.325 e. The third kappa shape index (κ3) is 2.06. The lowest BCUT2D eigenvalue weighted by Crippen LogP contribution is -2.22. The molecule has 8 heteroatoms. The maximum Gasteiger partial charge on any atom is 0.325 e. The Hall–Kier alpha value is -3.03. The van der Waals surface area contributed by atoms with Gasteiger partial charge in [-0.15, -0.1) is 0 Å². The van der Waals surface area contributed by atoms with Crippen molar-refractivity contribution in [2.75, 3.05) is 0 Å². The molecular weight excluding hydrogens is 248 g/mol. The Kier molecular flexibility index (Phi) is 2.53. The summed E-state index contributed by atoms with van der Waals surface area (Å²) in [5.74, 6) is 0. The van der Waals surface area contributed by atoms with Gasteiger partial charge in [-0.1, -0.05) is 0 Å². The number of hydrogen-bond acceptors (Lipinski definition) is 5. The third-order valence-corrected chi connectivity index (χ3v) is 2.50. The summed E-state index contributed by atoms with van der Waals surface area (Å²) in [6.45, 7) is 0. The molecule has 0 bridgehead atoms. The second kappa shape index (κ2) is 4.33. The van der Waals surface area contributed by atoms with Gasteiger partial charge in [-0.3, -0.25) is 9.78 Å². The van der Waals surface area contributed by atoms with Crippen LogP contribution in [0.3, 0.4) is 0 Å². The van der Waals surface area contributed by atoms with Crippen LogP contribution in [0.4, 0.5) is 0 Å². The maximum atomic E-state index is 11.7. The van der Waals surface area contributed by atoms with Crippen molar-refractivity contribution in [3.63, 3.8) is 0 Å². The smallest absolute Gasteiger partial charge is 0.313 e. The predicted octanol–water partition coefficient (Wildman–Crippen LogP) is -0.294. The first kappa shape index (κ1) is 11.1. The van der Waals surface area contributed by atoms with Gasteiger partial charge in [0.05, 0.1) is 17.4 Å². The molecule has 0 saturated heterocycles. The molecule has 0 aliphatic heterocycles. The van der Waals surface area contributed by atoms with E-state index < -0.39 is 11.2 Å². The molecule has 0 aromatic carbocycles. The lowest BCUT2D eigenvalue weighted by atomic mass is 10.2. The van der Waals surface area contributed by atoms with E-state index in [0.717, 1.165) is 0 Å². The number of rotatable bonds is 2. The van der Waals surface area contributed by atoms with Crippen molar-refractivity contribution >= 4 is 0 Å². The Labute approximate surface area is 105 Å². The van der Waals surface area contributed by atoms with E-state index in [1.54, 1.807) is 29.2 Å². The van der Waals surface area contributed by atoms with Gasteiger partial charge < -0.3 is 4.98 Å². The molecule has 94 valence electrons. The summed E-state index contributed by atoms with van der Waals surface area (Å²) < 4.78 is 1.60. The number of H-pyrrole nitrogens is 2. The first-order valence-electron chi connectivity index (χ1n) is 5.39. The van der Waals surface area contributed by atoms with E-state index in [1.807, 2.05) is 0 Å². The zero-order valence-electron chi connectivity index (χ0n) is 9.57. The monoisotopic (exact) mass is 256 g/mol. The van der Waals surface area contributed by atoms with Crippen LogP contribution in [-0.2, 0) is 0 Å². The van der Waals surface area contributed by atoms with E-state index in [1.165, 1.54) is 12.4 Å². The van der Waals surface area contributed by atoms with Gasteiger partial charge in [0.1, 0.15) is 5.69 Å². The van der Waals surface area contributed by atoms with Gasteiger partial charge in [0.15, 0.2) is 0 Å². The molecule has 0 fully saturated rings. The van der Waals surface area contributed by atoms with Gasteiger partial charge in [0.2, 0.25) is 0 Å². The van der Waals surface area contributed by atoms with Crippen LogP contribution in [-0.4, -0.2) is 29.9 Å². The Morgan fingerprint density at radius 3 is 2.89 bits per heavy atom. The highest BCUT2D eigenvalue weighted by molar-refractivity contribution is 5.58. The van der Waals surface area contributed by atoms with Crippen LogP contribution < -0.4 is 11.2 Å². The molecule has 3 heterocycles. The van der Waals surface area contributed by atoms with Crippen molar-refractivity contribution in [3.05, 3.63) is 57.8 Å². The first-order valence-corrected chi connectivity index (χ1v) is 5.39. The van der Waals surface area contributed by atoms with Gasteiger partial charge in [-0.25, -0.2) is 9.48 Å². The van der Waals surface area contributed by atoms with Gasteiger partial charge in [0, 0.05) is 18.6 Å². The molecule has 0 saturated carbocycles. The molecule has 3 aromatic heterocycles. The van der Waals surface area contributed by atoms with Crippen molar-refractivity contribution in [3.8, 4) is 16.9 Å². The highest BCUT2D eigenvalue weighted by atomic mass is 16.2. The van der Waals surface area contributed by atoms with Crippen molar-refractivity contribution in [1.29, 1.82) is 0 Å². The van der Waals surface area contributed by atoms with Crippen molar-refractivity contribution in [2.24, 2.45) is 0 Å². The molecule has 0 unspecified atom stereocenters.